The van der Waals surface area contributed by atoms with Crippen molar-refractivity contribution in [1.82, 2.24) is 15.0 Å². The molecule has 0 N–H and O–H groups in total. The molecule has 0 aliphatic heterocycles. The average Bonchev–Trinajstić information content (AvgIpc) is 3.70. The van der Waals surface area contributed by atoms with Crippen molar-refractivity contribution in [3.63, 3.8) is 0 Å². The van der Waals surface area contributed by atoms with Gasteiger partial charge in [0.25, 0.3) is 0 Å². The van der Waals surface area contributed by atoms with Crippen LogP contribution in [0.15, 0.2) is 217 Å². The molecule has 0 unspecified atom stereocenters. The van der Waals surface area contributed by atoms with Gasteiger partial charge in [-0.05, 0) is 85.6 Å². The van der Waals surface area contributed by atoms with E-state index in [4.69, 9.17) is 19.4 Å². The number of aromatic nitrogens is 3. The van der Waals surface area contributed by atoms with Crippen molar-refractivity contribution in [3.8, 4) is 78.7 Å². The van der Waals surface area contributed by atoms with Crippen molar-refractivity contribution in [3.05, 3.63) is 212 Å². The van der Waals surface area contributed by atoms with Crippen molar-refractivity contribution in [2.45, 2.75) is 0 Å². The summed E-state index contributed by atoms with van der Waals surface area (Å²) in [5.74, 6) is 1.81. The number of furan rings is 1. The maximum atomic E-state index is 6.61. The number of fused-ring (bicyclic) bond motifs is 4. The molecule has 0 saturated heterocycles. The largest absolute Gasteiger partial charge is 0.456 e. The van der Waals surface area contributed by atoms with Gasteiger partial charge in [0.2, 0.25) is 0 Å². The number of nitrogens with zero attached hydrogens (tertiary/aromatic N) is 3. The number of hydrogen-bond acceptors (Lipinski definition) is 4. The van der Waals surface area contributed by atoms with E-state index >= 15 is 0 Å². The summed E-state index contributed by atoms with van der Waals surface area (Å²) in [5, 5.41) is 4.42. The molecule has 11 aromatic rings. The predicted octanol–water partition coefficient (Wildman–Crippen LogP) is 14.6. The second kappa shape index (κ2) is 14.5. The van der Waals surface area contributed by atoms with E-state index in [0.29, 0.717) is 17.5 Å². The summed E-state index contributed by atoms with van der Waals surface area (Å²) >= 11 is 0. The second-order valence-electron chi connectivity index (χ2n) is 14.8. The van der Waals surface area contributed by atoms with Crippen molar-refractivity contribution in [2.75, 3.05) is 0 Å². The normalized spacial score (nSPS) is 11.4. The van der Waals surface area contributed by atoms with Crippen LogP contribution >= 0.6 is 0 Å². The van der Waals surface area contributed by atoms with Crippen LogP contribution in [0.4, 0.5) is 0 Å². The first-order valence-electron chi connectivity index (χ1n) is 19.8. The van der Waals surface area contributed by atoms with E-state index in [-0.39, 0.29) is 0 Å². The molecule has 4 heteroatoms. The Morgan fingerprint density at radius 3 is 1.51 bits per heavy atom. The average molecular weight is 754 g/mol. The summed E-state index contributed by atoms with van der Waals surface area (Å²) in [5.41, 5.74) is 13.6. The fraction of sp³-hybridized carbons (Fsp3) is 0. The molecule has 4 nitrogen and oxygen atoms in total. The molecule has 0 atom stereocenters. The predicted molar refractivity (Wildman–Crippen MR) is 243 cm³/mol. The summed E-state index contributed by atoms with van der Waals surface area (Å²) in [7, 11) is 0. The van der Waals surface area contributed by atoms with Crippen molar-refractivity contribution in [2.24, 2.45) is 0 Å². The van der Waals surface area contributed by atoms with Gasteiger partial charge >= 0.3 is 0 Å². The van der Waals surface area contributed by atoms with E-state index in [1.54, 1.807) is 0 Å². The van der Waals surface area contributed by atoms with E-state index in [2.05, 4.69) is 164 Å². The van der Waals surface area contributed by atoms with Gasteiger partial charge in [-0.15, -0.1) is 0 Å². The second-order valence-corrected chi connectivity index (χ2v) is 14.8. The highest BCUT2D eigenvalue weighted by Gasteiger charge is 2.18. The molecule has 0 saturated carbocycles. The standard InChI is InChI=1S/C55H35N3O/c1-4-13-36(14-5-1)37-25-27-38(28-26-37)42-20-10-21-43(33-42)47-23-12-24-50-52(47)48-32-31-45(35-51(48)59-50)55-57-53(41-17-8-3-9-18-41)56-54(58-55)44-30-29-40-19-11-22-46(49(40)34-44)39-15-6-2-7-16-39/h1-35H. The molecule has 11 rings (SSSR count). The minimum absolute atomic E-state index is 0.582. The lowest BCUT2D eigenvalue weighted by atomic mass is 9.95. The van der Waals surface area contributed by atoms with E-state index in [9.17, 15) is 0 Å². The maximum absolute atomic E-state index is 6.61. The van der Waals surface area contributed by atoms with Crippen LogP contribution in [0.5, 0.6) is 0 Å². The van der Waals surface area contributed by atoms with E-state index < -0.39 is 0 Å². The van der Waals surface area contributed by atoms with Crippen LogP contribution in [0.25, 0.3) is 111 Å². The number of benzene rings is 9. The van der Waals surface area contributed by atoms with Crippen molar-refractivity contribution >= 4 is 32.7 Å². The molecule has 0 radical (unpaired) electrons. The summed E-state index contributed by atoms with van der Waals surface area (Å²) in [6, 6.07) is 74.1. The van der Waals surface area contributed by atoms with Crippen LogP contribution in [-0.4, -0.2) is 15.0 Å². The Bertz CT molecular complexity index is 3300. The van der Waals surface area contributed by atoms with Crippen molar-refractivity contribution < 1.29 is 4.42 Å². The molecule has 0 spiro atoms. The van der Waals surface area contributed by atoms with Gasteiger partial charge in [0.15, 0.2) is 17.5 Å². The van der Waals surface area contributed by atoms with E-state index in [1.165, 1.54) is 27.8 Å². The number of rotatable bonds is 7. The first-order chi connectivity index (χ1) is 29.2. The zero-order chi connectivity index (χ0) is 39.1. The Hall–Kier alpha value is -7.95. The molecule has 2 heterocycles. The molecule has 9 aromatic carbocycles. The van der Waals surface area contributed by atoms with Gasteiger partial charge in [-0.25, -0.2) is 15.0 Å². The topological polar surface area (TPSA) is 51.8 Å². The Balaban J connectivity index is 0.996. The highest BCUT2D eigenvalue weighted by molar-refractivity contribution is 6.13. The van der Waals surface area contributed by atoms with Gasteiger partial charge in [0, 0.05) is 27.5 Å². The van der Waals surface area contributed by atoms with Gasteiger partial charge in [0.05, 0.1) is 0 Å². The lowest BCUT2D eigenvalue weighted by Crippen LogP contribution is -2.00. The highest BCUT2D eigenvalue weighted by Crippen LogP contribution is 2.40. The smallest absolute Gasteiger partial charge is 0.164 e. The Kier molecular flexibility index (Phi) is 8.45. The van der Waals surface area contributed by atoms with E-state index in [0.717, 1.165) is 66.1 Å². The Morgan fingerprint density at radius 2 is 0.780 bits per heavy atom. The summed E-state index contributed by atoms with van der Waals surface area (Å²) in [6.07, 6.45) is 0. The van der Waals surface area contributed by atoms with Crippen LogP contribution in [0.2, 0.25) is 0 Å². The minimum Gasteiger partial charge on any atom is -0.456 e. The van der Waals surface area contributed by atoms with Crippen LogP contribution in [-0.2, 0) is 0 Å². The zero-order valence-corrected chi connectivity index (χ0v) is 32.0. The highest BCUT2D eigenvalue weighted by atomic mass is 16.3. The third kappa shape index (κ3) is 6.43. The molecule has 276 valence electrons. The van der Waals surface area contributed by atoms with Gasteiger partial charge < -0.3 is 4.42 Å². The summed E-state index contributed by atoms with van der Waals surface area (Å²) < 4.78 is 6.61. The minimum atomic E-state index is 0.582. The lowest BCUT2D eigenvalue weighted by Gasteiger charge is -2.11. The molecule has 0 bridgehead atoms. The molecular weight excluding hydrogens is 719 g/mol. The zero-order valence-electron chi connectivity index (χ0n) is 32.0. The SMILES string of the molecule is c1ccc(-c2ccc(-c3cccc(-c4cccc5oc6cc(-c7nc(-c8ccccc8)nc(-c8ccc9cccc(-c%10ccccc%10)c9c8)n7)ccc6c45)c3)cc2)cc1. The van der Waals surface area contributed by atoms with Crippen molar-refractivity contribution in [1.29, 1.82) is 0 Å². The van der Waals surface area contributed by atoms with Crippen LogP contribution in [0.3, 0.4) is 0 Å². The molecule has 2 aromatic heterocycles. The molecule has 0 fully saturated rings. The van der Waals surface area contributed by atoms with Gasteiger partial charge in [-0.3, -0.25) is 0 Å². The van der Waals surface area contributed by atoms with Gasteiger partial charge in [0.1, 0.15) is 11.2 Å². The quantitative estimate of drug-likeness (QED) is 0.163. The van der Waals surface area contributed by atoms with Crippen LogP contribution in [0.1, 0.15) is 0 Å². The first kappa shape index (κ1) is 34.3. The Morgan fingerprint density at radius 1 is 0.271 bits per heavy atom. The first-order valence-corrected chi connectivity index (χ1v) is 19.8. The Labute approximate surface area is 341 Å². The molecule has 0 aliphatic carbocycles. The fourth-order valence-electron chi connectivity index (χ4n) is 8.19. The van der Waals surface area contributed by atoms with Gasteiger partial charge in [-0.1, -0.05) is 182 Å². The fourth-order valence-corrected chi connectivity index (χ4v) is 8.19. The maximum Gasteiger partial charge on any atom is 0.164 e. The van der Waals surface area contributed by atoms with E-state index in [1.807, 2.05) is 48.5 Å². The van der Waals surface area contributed by atoms with Crippen LogP contribution in [0, 0.1) is 0 Å². The third-order valence-corrected chi connectivity index (χ3v) is 11.1. The molecule has 0 amide bonds. The molecular formula is C55H35N3O. The lowest BCUT2D eigenvalue weighted by molar-refractivity contribution is 0.669. The third-order valence-electron chi connectivity index (χ3n) is 11.1. The van der Waals surface area contributed by atoms with Gasteiger partial charge in [-0.2, -0.15) is 0 Å². The summed E-state index contributed by atoms with van der Waals surface area (Å²) in [4.78, 5) is 15.2. The van der Waals surface area contributed by atoms with Crippen LogP contribution < -0.4 is 0 Å². The monoisotopic (exact) mass is 753 g/mol. The molecule has 59 heavy (non-hydrogen) atoms. The summed E-state index contributed by atoms with van der Waals surface area (Å²) in [6.45, 7) is 0. The molecule has 0 aliphatic rings. The number of hydrogen-bond donors (Lipinski definition) is 0.